The van der Waals surface area contributed by atoms with E-state index in [0.29, 0.717) is 41.1 Å². The van der Waals surface area contributed by atoms with E-state index in [1.807, 2.05) is 0 Å². The van der Waals surface area contributed by atoms with E-state index in [1.165, 1.54) is 26.4 Å². The molecule has 0 radical (unpaired) electrons. The molecular formula is C21H22F3NO6. The topological polar surface area (TPSA) is 97.1 Å². The second-order valence-corrected chi connectivity index (χ2v) is 7.10. The molecule has 0 saturated carbocycles. The van der Waals surface area contributed by atoms with Gasteiger partial charge in [-0.25, -0.2) is 4.79 Å². The Morgan fingerprint density at radius 1 is 1.26 bits per heavy atom. The van der Waals surface area contributed by atoms with Crippen molar-refractivity contribution in [2.24, 2.45) is 5.73 Å². The third-order valence-electron chi connectivity index (χ3n) is 5.05. The van der Waals surface area contributed by atoms with Crippen molar-refractivity contribution in [3.05, 3.63) is 52.1 Å². The Hall–Kier alpha value is -3.01. The summed E-state index contributed by atoms with van der Waals surface area (Å²) in [4.78, 5) is 25.2. The van der Waals surface area contributed by atoms with E-state index >= 15 is 0 Å². The van der Waals surface area contributed by atoms with E-state index in [9.17, 15) is 22.8 Å². The largest absolute Gasteiger partial charge is 0.496 e. The molecule has 0 spiro atoms. The van der Waals surface area contributed by atoms with Crippen LogP contribution in [0.25, 0.3) is 0 Å². The summed E-state index contributed by atoms with van der Waals surface area (Å²) >= 11 is 0. The number of esters is 1. The molecule has 2 N–H and O–H groups in total. The van der Waals surface area contributed by atoms with E-state index in [4.69, 9.17) is 24.7 Å². The van der Waals surface area contributed by atoms with Crippen molar-refractivity contribution in [2.45, 2.75) is 38.0 Å². The molecule has 1 heterocycles. The second-order valence-electron chi connectivity index (χ2n) is 7.10. The minimum absolute atomic E-state index is 0.0381. The molecule has 0 bridgehead atoms. The lowest BCUT2D eigenvalue weighted by molar-refractivity contribution is -0.176. The van der Waals surface area contributed by atoms with Crippen LogP contribution in [0.2, 0.25) is 0 Å². The lowest BCUT2D eigenvalue weighted by atomic mass is 9.77. The van der Waals surface area contributed by atoms with Gasteiger partial charge in [0.1, 0.15) is 23.7 Å². The van der Waals surface area contributed by atoms with Gasteiger partial charge in [0, 0.05) is 24.0 Å². The summed E-state index contributed by atoms with van der Waals surface area (Å²) in [6, 6.07) is 4.69. The third kappa shape index (κ3) is 4.84. The molecule has 168 valence electrons. The number of hydrogen-bond acceptors (Lipinski definition) is 7. The fourth-order valence-corrected chi connectivity index (χ4v) is 3.77. The smallest absolute Gasteiger partial charge is 0.411 e. The van der Waals surface area contributed by atoms with Crippen molar-refractivity contribution in [1.29, 1.82) is 0 Å². The molecule has 1 aliphatic carbocycles. The van der Waals surface area contributed by atoms with Gasteiger partial charge in [-0.1, -0.05) is 6.07 Å². The Balaban J connectivity index is 2.06. The molecule has 3 rings (SSSR count). The van der Waals surface area contributed by atoms with Gasteiger partial charge in [-0.05, 0) is 24.1 Å². The summed E-state index contributed by atoms with van der Waals surface area (Å²) in [6.07, 6.45) is -3.13. The quantitative estimate of drug-likeness (QED) is 0.677. The number of allylic oxidation sites excluding steroid dienone is 2. The monoisotopic (exact) mass is 441 g/mol. The van der Waals surface area contributed by atoms with Crippen LogP contribution in [0, 0.1) is 0 Å². The summed E-state index contributed by atoms with van der Waals surface area (Å²) in [5, 5.41) is 0. The highest BCUT2D eigenvalue weighted by Crippen LogP contribution is 2.44. The number of ketones is 1. The summed E-state index contributed by atoms with van der Waals surface area (Å²) in [6.45, 7) is -1.81. The number of carbonyl (C=O) groups is 2. The summed E-state index contributed by atoms with van der Waals surface area (Å²) in [5.74, 6) is -1.31. The Labute approximate surface area is 176 Å². The molecule has 1 aromatic rings. The van der Waals surface area contributed by atoms with Gasteiger partial charge in [0.05, 0.1) is 26.7 Å². The first kappa shape index (κ1) is 22.7. The molecule has 0 unspecified atom stereocenters. The van der Waals surface area contributed by atoms with Gasteiger partial charge in [0.15, 0.2) is 5.78 Å². The molecule has 0 aromatic heterocycles. The lowest BCUT2D eigenvalue weighted by Gasteiger charge is -2.32. The predicted molar refractivity (Wildman–Crippen MR) is 102 cm³/mol. The zero-order valence-electron chi connectivity index (χ0n) is 17.0. The Morgan fingerprint density at radius 2 is 2.00 bits per heavy atom. The molecule has 2 aliphatic rings. The summed E-state index contributed by atoms with van der Waals surface area (Å²) in [7, 11) is 2.55. The second kappa shape index (κ2) is 9.01. The van der Waals surface area contributed by atoms with E-state index in [-0.39, 0.29) is 30.3 Å². The molecular weight excluding hydrogens is 419 g/mol. The van der Waals surface area contributed by atoms with Crippen LogP contribution >= 0.6 is 0 Å². The van der Waals surface area contributed by atoms with Gasteiger partial charge < -0.3 is 24.7 Å². The zero-order valence-corrected chi connectivity index (χ0v) is 17.0. The minimum Gasteiger partial charge on any atom is -0.496 e. The van der Waals surface area contributed by atoms with Crippen molar-refractivity contribution < 1.29 is 41.7 Å². The molecule has 0 fully saturated rings. The van der Waals surface area contributed by atoms with Crippen molar-refractivity contribution >= 4 is 11.8 Å². The van der Waals surface area contributed by atoms with E-state index < -0.39 is 24.7 Å². The maximum absolute atomic E-state index is 12.7. The van der Waals surface area contributed by atoms with Crippen LogP contribution in [-0.4, -0.2) is 38.8 Å². The molecule has 7 nitrogen and oxygen atoms in total. The summed E-state index contributed by atoms with van der Waals surface area (Å²) < 4.78 is 57.8. The SMILES string of the molecule is COC(=O)C1=C(N)OC2=C(C(=O)CCC2)[C@H]1c1ccc(OC)c(COCC(F)(F)F)c1. The predicted octanol–water partition coefficient (Wildman–Crippen LogP) is 3.24. The van der Waals surface area contributed by atoms with Gasteiger partial charge in [-0.15, -0.1) is 0 Å². The van der Waals surface area contributed by atoms with Crippen molar-refractivity contribution in [3.63, 3.8) is 0 Å². The fraction of sp³-hybridized carbons (Fsp3) is 0.429. The first-order valence-electron chi connectivity index (χ1n) is 9.49. The Kier molecular flexibility index (Phi) is 6.59. The van der Waals surface area contributed by atoms with Gasteiger partial charge in [0.25, 0.3) is 0 Å². The van der Waals surface area contributed by atoms with E-state index in [2.05, 4.69) is 0 Å². The standard InChI is InChI=1S/C21H22F3NO6/c1-28-14-7-6-11(8-12(14)9-30-10-21(22,23)24)16-17-13(26)4-3-5-15(17)31-19(25)18(16)20(27)29-2/h6-8,16H,3-5,9-10,25H2,1-2H3/t16-/m1/s1. The number of alkyl halides is 3. The highest BCUT2D eigenvalue weighted by Gasteiger charge is 2.41. The number of halogens is 3. The number of benzene rings is 1. The molecule has 10 heteroatoms. The lowest BCUT2D eigenvalue weighted by Crippen LogP contribution is -2.31. The zero-order chi connectivity index (χ0) is 22.8. The normalized spacial score (nSPS) is 19.1. The molecule has 0 saturated heterocycles. The maximum Gasteiger partial charge on any atom is 0.411 e. The summed E-state index contributed by atoms with van der Waals surface area (Å²) in [5.41, 5.74) is 7.04. The number of hydrogen-bond donors (Lipinski definition) is 1. The molecule has 1 aromatic carbocycles. The number of ether oxygens (including phenoxy) is 4. The Bertz CT molecular complexity index is 951. The van der Waals surface area contributed by atoms with Crippen LogP contribution in [-0.2, 0) is 30.4 Å². The van der Waals surface area contributed by atoms with Crippen LogP contribution in [0.1, 0.15) is 36.3 Å². The Morgan fingerprint density at radius 3 is 2.65 bits per heavy atom. The molecule has 1 atom stereocenters. The van der Waals surface area contributed by atoms with Gasteiger partial charge in [0.2, 0.25) is 5.88 Å². The van der Waals surface area contributed by atoms with Crippen molar-refractivity contribution in [3.8, 4) is 5.75 Å². The number of carbonyl (C=O) groups excluding carboxylic acids is 2. The number of rotatable bonds is 6. The van der Waals surface area contributed by atoms with E-state index in [1.54, 1.807) is 6.07 Å². The van der Waals surface area contributed by atoms with Gasteiger partial charge in [-0.3, -0.25) is 4.79 Å². The van der Waals surface area contributed by atoms with Crippen LogP contribution < -0.4 is 10.5 Å². The molecule has 1 aliphatic heterocycles. The van der Waals surface area contributed by atoms with Gasteiger partial charge in [-0.2, -0.15) is 13.2 Å². The van der Waals surface area contributed by atoms with E-state index in [0.717, 1.165) is 0 Å². The van der Waals surface area contributed by atoms with Crippen LogP contribution in [0.15, 0.2) is 41.0 Å². The highest BCUT2D eigenvalue weighted by atomic mass is 19.4. The minimum atomic E-state index is -4.48. The molecule has 31 heavy (non-hydrogen) atoms. The first-order chi connectivity index (χ1) is 14.7. The van der Waals surface area contributed by atoms with Crippen LogP contribution in [0.4, 0.5) is 13.2 Å². The maximum atomic E-state index is 12.7. The average Bonchev–Trinajstić information content (AvgIpc) is 2.71. The van der Waals surface area contributed by atoms with Crippen LogP contribution in [0.5, 0.6) is 5.75 Å². The average molecular weight is 441 g/mol. The van der Waals surface area contributed by atoms with Gasteiger partial charge >= 0.3 is 12.1 Å². The fourth-order valence-electron chi connectivity index (χ4n) is 3.77. The number of nitrogens with two attached hydrogens (primary N) is 1. The molecule has 0 amide bonds. The van der Waals surface area contributed by atoms with Crippen LogP contribution in [0.3, 0.4) is 0 Å². The third-order valence-corrected chi connectivity index (χ3v) is 5.05. The van der Waals surface area contributed by atoms with Crippen molar-refractivity contribution in [2.75, 3.05) is 20.8 Å². The first-order valence-corrected chi connectivity index (χ1v) is 9.49. The highest BCUT2D eigenvalue weighted by molar-refractivity contribution is 6.03. The number of methoxy groups -OCH3 is 2. The number of Topliss-reactive ketones (excluding diaryl/α,β-unsaturated/α-hetero) is 1. The van der Waals surface area contributed by atoms with Crippen molar-refractivity contribution in [1.82, 2.24) is 0 Å².